The van der Waals surface area contributed by atoms with Crippen LogP contribution in [0.25, 0.3) is 0 Å². The standard InChI is InChI=1S/C17H21ClO3/c1-11-9-13(15(14(18)10-11)21-12-5-6-12)17(16(19)20)7-3-2-4-8-17/h9-10,12H,2-8H2,1H3,(H,19,20). The first-order valence-electron chi connectivity index (χ1n) is 7.73. The predicted molar refractivity (Wildman–Crippen MR) is 82.2 cm³/mol. The van der Waals surface area contributed by atoms with Crippen molar-refractivity contribution in [2.75, 3.05) is 0 Å². The van der Waals surface area contributed by atoms with Crippen molar-refractivity contribution in [2.24, 2.45) is 0 Å². The van der Waals surface area contributed by atoms with Crippen LogP contribution in [-0.4, -0.2) is 17.2 Å². The largest absolute Gasteiger partial charge is 0.489 e. The molecule has 2 saturated carbocycles. The van der Waals surface area contributed by atoms with E-state index in [9.17, 15) is 9.90 Å². The summed E-state index contributed by atoms with van der Waals surface area (Å²) in [6, 6.07) is 3.82. The molecule has 2 aliphatic rings. The molecule has 1 aromatic carbocycles. The summed E-state index contributed by atoms with van der Waals surface area (Å²) in [6.07, 6.45) is 6.60. The van der Waals surface area contributed by atoms with E-state index < -0.39 is 11.4 Å². The molecule has 0 atom stereocenters. The topological polar surface area (TPSA) is 46.5 Å². The Labute approximate surface area is 130 Å². The Morgan fingerprint density at radius 3 is 2.52 bits per heavy atom. The SMILES string of the molecule is Cc1cc(Cl)c(OC2CC2)c(C2(C(=O)O)CCCCC2)c1. The number of halogens is 1. The summed E-state index contributed by atoms with van der Waals surface area (Å²) in [5.74, 6) is -0.140. The Morgan fingerprint density at radius 2 is 1.95 bits per heavy atom. The number of hydrogen-bond donors (Lipinski definition) is 1. The Hall–Kier alpha value is -1.22. The average Bonchev–Trinajstić information content (AvgIpc) is 3.26. The molecule has 0 radical (unpaired) electrons. The van der Waals surface area contributed by atoms with Gasteiger partial charge in [0, 0.05) is 5.56 Å². The molecule has 2 fully saturated rings. The van der Waals surface area contributed by atoms with Gasteiger partial charge in [0.15, 0.2) is 0 Å². The Morgan fingerprint density at radius 1 is 1.29 bits per heavy atom. The maximum atomic E-state index is 12.1. The maximum absolute atomic E-state index is 12.1. The first kappa shape index (κ1) is 14.7. The number of carboxylic acid groups (broad SMARTS) is 1. The number of carbonyl (C=O) groups is 1. The molecule has 0 heterocycles. The molecule has 3 nitrogen and oxygen atoms in total. The summed E-state index contributed by atoms with van der Waals surface area (Å²) in [7, 11) is 0. The fourth-order valence-corrected chi connectivity index (χ4v) is 3.63. The van der Waals surface area contributed by atoms with Crippen molar-refractivity contribution < 1.29 is 14.6 Å². The number of ether oxygens (including phenoxy) is 1. The fourth-order valence-electron chi connectivity index (χ4n) is 3.31. The minimum absolute atomic E-state index is 0.207. The zero-order chi connectivity index (χ0) is 15.0. The van der Waals surface area contributed by atoms with E-state index in [4.69, 9.17) is 16.3 Å². The zero-order valence-corrected chi connectivity index (χ0v) is 13.1. The van der Waals surface area contributed by atoms with E-state index in [1.54, 1.807) is 0 Å². The second-order valence-corrected chi connectivity index (χ2v) is 6.80. The fraction of sp³-hybridized carbons (Fsp3) is 0.588. The van der Waals surface area contributed by atoms with Gasteiger partial charge in [0.1, 0.15) is 5.75 Å². The molecule has 0 aromatic heterocycles. The Balaban J connectivity index is 2.10. The summed E-state index contributed by atoms with van der Waals surface area (Å²) in [6.45, 7) is 1.95. The van der Waals surface area contributed by atoms with E-state index in [1.807, 2.05) is 19.1 Å². The number of benzene rings is 1. The van der Waals surface area contributed by atoms with E-state index in [2.05, 4.69) is 0 Å². The van der Waals surface area contributed by atoms with Gasteiger partial charge in [0.05, 0.1) is 16.5 Å². The summed E-state index contributed by atoms with van der Waals surface area (Å²) < 4.78 is 5.98. The highest BCUT2D eigenvalue weighted by molar-refractivity contribution is 6.32. The van der Waals surface area contributed by atoms with Crippen molar-refractivity contribution in [1.29, 1.82) is 0 Å². The third-order valence-electron chi connectivity index (χ3n) is 4.63. The van der Waals surface area contributed by atoms with Gasteiger partial charge >= 0.3 is 5.97 Å². The van der Waals surface area contributed by atoms with E-state index >= 15 is 0 Å². The van der Waals surface area contributed by atoms with E-state index in [-0.39, 0.29) is 6.10 Å². The van der Waals surface area contributed by atoms with Crippen molar-refractivity contribution in [3.63, 3.8) is 0 Å². The van der Waals surface area contributed by atoms with Crippen LogP contribution < -0.4 is 4.74 Å². The van der Waals surface area contributed by atoms with Crippen molar-refractivity contribution in [3.8, 4) is 5.75 Å². The first-order valence-corrected chi connectivity index (χ1v) is 8.11. The Kier molecular flexibility index (Phi) is 3.87. The van der Waals surface area contributed by atoms with E-state index in [0.717, 1.165) is 43.2 Å². The second kappa shape index (κ2) is 5.53. The van der Waals surface area contributed by atoms with Gasteiger partial charge in [0.25, 0.3) is 0 Å². The maximum Gasteiger partial charge on any atom is 0.314 e. The molecule has 0 unspecified atom stereocenters. The molecular formula is C17H21ClO3. The smallest absolute Gasteiger partial charge is 0.314 e. The van der Waals surface area contributed by atoms with Gasteiger partial charge in [-0.25, -0.2) is 0 Å². The summed E-state index contributed by atoms with van der Waals surface area (Å²) >= 11 is 6.37. The van der Waals surface area contributed by atoms with Crippen LogP contribution in [0.15, 0.2) is 12.1 Å². The third-order valence-corrected chi connectivity index (χ3v) is 4.91. The van der Waals surface area contributed by atoms with Crippen LogP contribution in [0.5, 0.6) is 5.75 Å². The molecule has 0 amide bonds. The lowest BCUT2D eigenvalue weighted by atomic mass is 9.69. The number of carboxylic acids is 1. The molecule has 114 valence electrons. The van der Waals surface area contributed by atoms with Gasteiger partial charge in [0.2, 0.25) is 0 Å². The highest BCUT2D eigenvalue weighted by atomic mass is 35.5. The summed E-state index contributed by atoms with van der Waals surface area (Å²) in [4.78, 5) is 12.1. The Bertz CT molecular complexity index is 557. The molecule has 1 aromatic rings. The highest BCUT2D eigenvalue weighted by Gasteiger charge is 2.44. The minimum atomic E-state index is -0.835. The van der Waals surface area contributed by atoms with Crippen LogP contribution >= 0.6 is 11.6 Å². The predicted octanol–water partition coefficient (Wildman–Crippen LogP) is 4.48. The molecule has 0 saturated heterocycles. The van der Waals surface area contributed by atoms with Crippen LogP contribution in [0.3, 0.4) is 0 Å². The molecule has 1 N–H and O–H groups in total. The monoisotopic (exact) mass is 308 g/mol. The van der Waals surface area contributed by atoms with Crippen molar-refractivity contribution in [2.45, 2.75) is 63.4 Å². The molecule has 3 rings (SSSR count). The van der Waals surface area contributed by atoms with Crippen molar-refractivity contribution in [3.05, 3.63) is 28.3 Å². The zero-order valence-electron chi connectivity index (χ0n) is 12.3. The van der Waals surface area contributed by atoms with Crippen LogP contribution in [0.2, 0.25) is 5.02 Å². The number of rotatable bonds is 4. The molecule has 0 spiro atoms. The third kappa shape index (κ3) is 2.76. The average molecular weight is 309 g/mol. The van der Waals surface area contributed by atoms with Gasteiger partial charge < -0.3 is 9.84 Å². The van der Waals surface area contributed by atoms with Crippen molar-refractivity contribution >= 4 is 17.6 Å². The van der Waals surface area contributed by atoms with Crippen LogP contribution in [-0.2, 0) is 10.2 Å². The van der Waals surface area contributed by atoms with Crippen LogP contribution in [0.4, 0.5) is 0 Å². The van der Waals surface area contributed by atoms with Crippen LogP contribution in [0.1, 0.15) is 56.1 Å². The molecule has 21 heavy (non-hydrogen) atoms. The second-order valence-electron chi connectivity index (χ2n) is 6.39. The normalized spacial score (nSPS) is 21.0. The summed E-state index contributed by atoms with van der Waals surface area (Å²) in [5, 5.41) is 10.4. The number of aryl methyl sites for hydroxylation is 1. The number of hydrogen-bond acceptors (Lipinski definition) is 2. The highest BCUT2D eigenvalue weighted by Crippen LogP contribution is 2.47. The molecule has 2 aliphatic carbocycles. The van der Waals surface area contributed by atoms with Gasteiger partial charge in [-0.2, -0.15) is 0 Å². The lowest BCUT2D eigenvalue weighted by molar-refractivity contribution is -0.145. The van der Waals surface area contributed by atoms with Gasteiger partial charge in [-0.3, -0.25) is 4.79 Å². The van der Waals surface area contributed by atoms with E-state index in [0.29, 0.717) is 23.6 Å². The molecule has 0 bridgehead atoms. The van der Waals surface area contributed by atoms with Gasteiger partial charge in [-0.1, -0.05) is 36.9 Å². The minimum Gasteiger partial charge on any atom is -0.489 e. The lowest BCUT2D eigenvalue weighted by Gasteiger charge is -2.35. The van der Waals surface area contributed by atoms with Crippen LogP contribution in [0, 0.1) is 6.92 Å². The quantitative estimate of drug-likeness (QED) is 0.892. The lowest BCUT2D eigenvalue weighted by Crippen LogP contribution is -2.38. The first-order chi connectivity index (χ1) is 10.0. The van der Waals surface area contributed by atoms with Gasteiger partial charge in [-0.05, 0) is 44.2 Å². The van der Waals surface area contributed by atoms with E-state index in [1.165, 1.54) is 0 Å². The molecular weight excluding hydrogens is 288 g/mol. The number of aliphatic carboxylic acids is 1. The molecule has 4 heteroatoms. The van der Waals surface area contributed by atoms with Gasteiger partial charge in [-0.15, -0.1) is 0 Å². The molecule has 0 aliphatic heterocycles. The summed E-state index contributed by atoms with van der Waals surface area (Å²) in [5.41, 5.74) is 0.939. The van der Waals surface area contributed by atoms with Crippen molar-refractivity contribution in [1.82, 2.24) is 0 Å².